The predicted molar refractivity (Wildman–Crippen MR) is 273 cm³/mol. The molecule has 0 aromatic carbocycles. The number of esters is 1. The molecule has 1 saturated carbocycles. The Kier molecular flexibility index (Phi) is 22.8. The van der Waals surface area contributed by atoms with Crippen LogP contribution in [0.3, 0.4) is 0 Å². The number of aliphatic hydroxyl groups is 2. The van der Waals surface area contributed by atoms with Crippen LogP contribution in [0.15, 0.2) is 47.6 Å². The van der Waals surface area contributed by atoms with E-state index in [0.29, 0.717) is 83.6 Å². The molecule has 5 fully saturated rings. The van der Waals surface area contributed by atoms with Crippen LogP contribution in [0.25, 0.3) is 0 Å². The van der Waals surface area contributed by atoms with Crippen LogP contribution in [-0.4, -0.2) is 173 Å². The van der Waals surface area contributed by atoms with E-state index in [4.69, 9.17) is 42.6 Å². The highest BCUT2D eigenvalue weighted by atomic mass is 16.6. The van der Waals surface area contributed by atoms with Crippen molar-refractivity contribution in [1.29, 1.82) is 0 Å². The Morgan fingerprint density at radius 2 is 1.58 bits per heavy atom. The number of methoxy groups -OCH3 is 3. The molecule has 1 aliphatic carbocycles. The predicted octanol–water partition coefficient (Wildman–Crippen LogP) is 5.86. The molecule has 1 amide bonds. The van der Waals surface area contributed by atoms with Gasteiger partial charge in [0.05, 0.1) is 64.1 Å². The first-order valence-electron chi connectivity index (χ1n) is 27.3. The summed E-state index contributed by atoms with van der Waals surface area (Å²) in [5, 5.41) is 23.8. The maximum Gasteiger partial charge on any atom is 0.329 e. The Morgan fingerprint density at radius 3 is 2.28 bits per heavy atom. The summed E-state index contributed by atoms with van der Waals surface area (Å²) in [4.78, 5) is 73.3. The van der Waals surface area contributed by atoms with E-state index < -0.39 is 83.7 Å². The highest BCUT2D eigenvalue weighted by Gasteiger charge is 2.57. The highest BCUT2D eigenvalue weighted by molar-refractivity contribution is 6.39. The van der Waals surface area contributed by atoms with Crippen LogP contribution >= 0.6 is 0 Å². The third kappa shape index (κ3) is 15.2. The van der Waals surface area contributed by atoms with Gasteiger partial charge in [-0.05, 0) is 101 Å². The molecule has 2 N–H and O–H groups in total. The van der Waals surface area contributed by atoms with Gasteiger partial charge in [-0.15, -0.1) is 0 Å². The number of piperidine rings is 1. The number of allylic oxidation sites excluding steroid dienone is 6. The Morgan fingerprint density at radius 1 is 0.824 bits per heavy atom. The van der Waals surface area contributed by atoms with E-state index in [2.05, 4.69) is 0 Å². The zero-order chi connectivity index (χ0) is 53.7. The Bertz CT molecular complexity index is 2020. The fourth-order valence-electron chi connectivity index (χ4n) is 12.0. The van der Waals surface area contributed by atoms with E-state index >= 15 is 0 Å². The maximum atomic E-state index is 14.7. The Labute approximate surface area is 439 Å². The summed E-state index contributed by atoms with van der Waals surface area (Å²) in [5.74, 6) is -8.48. The minimum atomic E-state index is -2.48. The lowest BCUT2D eigenvalue weighted by Crippen LogP contribution is -2.65. The van der Waals surface area contributed by atoms with Gasteiger partial charge < -0.3 is 57.7 Å². The summed E-state index contributed by atoms with van der Waals surface area (Å²) in [6, 6.07) is -1.13. The summed E-state index contributed by atoms with van der Waals surface area (Å²) < 4.78 is 53.1. The van der Waals surface area contributed by atoms with Crippen molar-refractivity contribution in [1.82, 2.24) is 4.90 Å². The highest BCUT2D eigenvalue weighted by Crippen LogP contribution is 2.46. The van der Waals surface area contributed by atoms with E-state index in [1.54, 1.807) is 41.1 Å². The zero-order valence-electron chi connectivity index (χ0n) is 45.5. The molecule has 6 aliphatic rings. The van der Waals surface area contributed by atoms with Gasteiger partial charge in [0.2, 0.25) is 5.79 Å². The largest absolute Gasteiger partial charge is 0.460 e. The number of aliphatic hydroxyl groups excluding tert-OH is 1. The molecular formula is C57H87NO16. The van der Waals surface area contributed by atoms with Crippen molar-refractivity contribution in [2.24, 2.45) is 41.4 Å². The normalized spacial score (nSPS) is 39.4. The van der Waals surface area contributed by atoms with E-state index in [1.807, 2.05) is 51.2 Å². The van der Waals surface area contributed by atoms with Crippen molar-refractivity contribution in [3.63, 3.8) is 0 Å². The summed E-state index contributed by atoms with van der Waals surface area (Å²) >= 11 is 0. The Hall–Kier alpha value is -3.49. The van der Waals surface area contributed by atoms with Crippen molar-refractivity contribution in [3.05, 3.63) is 47.6 Å². The first-order valence-corrected chi connectivity index (χ1v) is 27.3. The lowest BCUT2D eigenvalue weighted by Gasteiger charge is -2.50. The number of hydrogen-bond donors (Lipinski definition) is 2. The molecule has 17 nitrogen and oxygen atoms in total. The number of carbonyl (C=O) groups is 5. The second kappa shape index (κ2) is 28.2. The number of Topliss-reactive ketones (excluding diaryl/α,β-unsaturated/α-hetero) is 3. The number of fused-ring (bicyclic) bond motifs is 4. The van der Waals surface area contributed by atoms with E-state index in [-0.39, 0.29) is 73.6 Å². The molecule has 5 heterocycles. The first-order chi connectivity index (χ1) is 35.4. The van der Waals surface area contributed by atoms with Gasteiger partial charge in [-0.2, -0.15) is 0 Å². The number of ketones is 3. The number of nitrogens with zero attached hydrogens (tertiary/aromatic N) is 1. The van der Waals surface area contributed by atoms with Gasteiger partial charge in [0.1, 0.15) is 36.2 Å². The monoisotopic (exact) mass is 1040 g/mol. The maximum absolute atomic E-state index is 14.7. The van der Waals surface area contributed by atoms with Gasteiger partial charge in [-0.3, -0.25) is 19.2 Å². The minimum Gasteiger partial charge on any atom is -0.460 e. The molecule has 4 bridgehead atoms. The van der Waals surface area contributed by atoms with Gasteiger partial charge in [0.15, 0.2) is 5.78 Å². The molecule has 16 atom stereocenters. The molecule has 17 heteroatoms. The van der Waals surface area contributed by atoms with Crippen LogP contribution in [0, 0.1) is 41.4 Å². The van der Waals surface area contributed by atoms with Crippen molar-refractivity contribution < 1.29 is 76.8 Å². The standard InChI is InChI=1S/C57H87NO16/c1-34-14-11-10-12-15-35(2)47(71-25-24-69-23-22-66-7)30-41-19-17-39(6)57(65,74-41)54(62)55(63)58-21-13-16-43-44(28-40-18-20-46(49(29-40)67-8)72-42-32-70-33-42)48(73-56(64)50(43)58)31-45(59)36(3)27-38(5)52(61)53(68-9)51(60)37(4)26-34/h10-12,14-15,27,34,36-37,39-44,46-50,52-53,61,65H,13,16-26,28-33H2,1-9H3/b12-10+,14-11+,35-15?,38-27+/t34-,36-,37-,39-,40+,41+,43-,44?,46?,47?,48+,49-,50?,52-,53+,57-/m1/s1. The van der Waals surface area contributed by atoms with Crippen LogP contribution in [0.2, 0.25) is 0 Å². The zero-order valence-corrected chi connectivity index (χ0v) is 45.5. The summed E-state index contributed by atoms with van der Waals surface area (Å²) in [5.41, 5.74) is 1.25. The summed E-state index contributed by atoms with van der Waals surface area (Å²) in [7, 11) is 4.67. The molecule has 0 aromatic heterocycles. The number of rotatable bonds is 13. The summed E-state index contributed by atoms with van der Waals surface area (Å²) in [6.07, 6.45) is 11.8. The van der Waals surface area contributed by atoms with Crippen molar-refractivity contribution in [2.75, 3.05) is 67.5 Å². The average molecular weight is 1040 g/mol. The average Bonchev–Trinajstić information content (AvgIpc) is 3.36. The lowest BCUT2D eigenvalue weighted by molar-refractivity contribution is -0.266. The van der Waals surface area contributed by atoms with Crippen LogP contribution < -0.4 is 0 Å². The molecule has 0 radical (unpaired) electrons. The van der Waals surface area contributed by atoms with E-state index in [9.17, 15) is 34.2 Å². The lowest BCUT2D eigenvalue weighted by atomic mass is 9.68. The molecule has 6 rings (SSSR count). The Balaban J connectivity index is 1.32. The molecule has 5 aliphatic heterocycles. The number of carbonyl (C=O) groups excluding carboxylic acids is 5. The molecular weight excluding hydrogens is 955 g/mol. The fraction of sp³-hybridized carbons (Fsp3) is 0.772. The van der Waals surface area contributed by atoms with Gasteiger partial charge in [-0.1, -0.05) is 64.2 Å². The second-order valence-electron chi connectivity index (χ2n) is 22.0. The molecule has 0 spiro atoms. The van der Waals surface area contributed by atoms with Crippen LogP contribution in [-0.2, 0) is 66.6 Å². The minimum absolute atomic E-state index is 0.000677. The molecule has 0 aromatic rings. The van der Waals surface area contributed by atoms with Gasteiger partial charge >= 0.3 is 5.97 Å². The van der Waals surface area contributed by atoms with Crippen LogP contribution in [0.1, 0.15) is 112 Å². The molecule has 4 saturated heterocycles. The van der Waals surface area contributed by atoms with Crippen molar-refractivity contribution in [3.8, 4) is 0 Å². The van der Waals surface area contributed by atoms with Crippen LogP contribution in [0.4, 0.5) is 0 Å². The third-order valence-electron chi connectivity index (χ3n) is 16.6. The molecule has 4 unspecified atom stereocenters. The van der Waals surface area contributed by atoms with Crippen molar-refractivity contribution >= 4 is 29.2 Å². The first kappa shape index (κ1) is 59.7. The SMILES string of the molecule is COCCOCCOC1C[C@@H]2CC[C@@H](C)[C@@](O)(O2)C(=O)C(=O)N2CCC[C@@H]3C(C[C@@H]4CCC(OC5COC5)[C@H](OC)C4)[C@H](CC(=O)[C@H](C)/C=C(\C)[C@@H](O)[C@@H](OC)C(=O)[C@H](C)C[C@H](C)/C=C/C=C/C=C1C)OC(=O)C32. The number of ether oxygens (including phenoxy) is 9. The molecule has 416 valence electrons. The topological polar surface area (TPSA) is 212 Å². The third-order valence-corrected chi connectivity index (χ3v) is 16.6. The molecule has 74 heavy (non-hydrogen) atoms. The van der Waals surface area contributed by atoms with Gasteiger partial charge in [0.25, 0.3) is 11.7 Å². The van der Waals surface area contributed by atoms with Crippen molar-refractivity contribution in [2.45, 2.75) is 173 Å². The smallest absolute Gasteiger partial charge is 0.329 e. The number of hydrogen-bond acceptors (Lipinski definition) is 16. The van der Waals surface area contributed by atoms with E-state index in [1.165, 1.54) is 12.0 Å². The van der Waals surface area contributed by atoms with Crippen LogP contribution in [0.5, 0.6) is 0 Å². The second-order valence-corrected chi connectivity index (χ2v) is 22.0. The fourth-order valence-corrected chi connectivity index (χ4v) is 12.0. The number of amides is 1. The van der Waals surface area contributed by atoms with Gasteiger partial charge in [0, 0.05) is 64.4 Å². The van der Waals surface area contributed by atoms with Gasteiger partial charge in [-0.25, -0.2) is 4.79 Å². The quantitative estimate of drug-likeness (QED) is 0.0958. The van der Waals surface area contributed by atoms with E-state index in [0.717, 1.165) is 18.4 Å². The summed E-state index contributed by atoms with van der Waals surface area (Å²) in [6.45, 7) is 13.4.